The Balaban J connectivity index is 1.14. The molecule has 4 heteroatoms. The number of nitrogens with one attached hydrogen (secondary N) is 1. The molecule has 0 fully saturated rings. The van der Waals surface area contributed by atoms with Crippen molar-refractivity contribution in [1.82, 2.24) is 5.32 Å². The zero-order valence-corrected chi connectivity index (χ0v) is 30.6. The second-order valence-electron chi connectivity index (χ2n) is 14.7. The normalized spacial score (nSPS) is 17.5. The van der Waals surface area contributed by atoms with Crippen molar-refractivity contribution in [3.8, 4) is 11.1 Å². The highest BCUT2D eigenvalue weighted by molar-refractivity contribution is 6.23. The molecule has 11 rings (SSSR count). The number of para-hydroxylation sites is 1. The van der Waals surface area contributed by atoms with Gasteiger partial charge in [-0.2, -0.15) is 0 Å². The van der Waals surface area contributed by atoms with Crippen LogP contribution in [0.25, 0.3) is 54.6 Å². The van der Waals surface area contributed by atoms with Crippen molar-refractivity contribution in [3.63, 3.8) is 0 Å². The lowest BCUT2D eigenvalue weighted by molar-refractivity contribution is 0.666. The summed E-state index contributed by atoms with van der Waals surface area (Å²) in [5, 5.41) is 10.8. The first-order chi connectivity index (χ1) is 27.8. The Morgan fingerprint density at radius 2 is 1.38 bits per heavy atom. The summed E-state index contributed by atoms with van der Waals surface area (Å²) in [4.78, 5) is 7.85. The van der Waals surface area contributed by atoms with Gasteiger partial charge in [0, 0.05) is 39.0 Å². The van der Waals surface area contributed by atoms with Crippen LogP contribution in [0, 0.1) is 5.92 Å². The SMILES string of the molecule is C1=CCC(C2=C3C=CC=CC3NC(c3cc(-c4cccc(N(c5ccccc5)c5cccc6ccccc56)c4)cc4c3oc3ccc5ccccc5c34)=N2)C=C1. The molecule has 0 amide bonds. The topological polar surface area (TPSA) is 40.8 Å². The summed E-state index contributed by atoms with van der Waals surface area (Å²) in [6.45, 7) is 0. The van der Waals surface area contributed by atoms with E-state index in [-0.39, 0.29) is 12.0 Å². The Hall–Kier alpha value is -7.17. The molecule has 1 aliphatic heterocycles. The van der Waals surface area contributed by atoms with Crippen LogP contribution in [0.15, 0.2) is 215 Å². The van der Waals surface area contributed by atoms with Crippen LogP contribution in [0.4, 0.5) is 17.1 Å². The molecule has 8 aromatic rings. The van der Waals surface area contributed by atoms with Crippen molar-refractivity contribution in [3.05, 3.63) is 211 Å². The molecule has 2 unspecified atom stereocenters. The van der Waals surface area contributed by atoms with Crippen molar-refractivity contribution < 1.29 is 4.42 Å². The van der Waals surface area contributed by atoms with E-state index in [0.717, 1.165) is 73.6 Å². The maximum absolute atomic E-state index is 6.87. The van der Waals surface area contributed by atoms with Crippen molar-refractivity contribution >= 4 is 66.4 Å². The first kappa shape index (κ1) is 32.3. The zero-order valence-electron chi connectivity index (χ0n) is 30.6. The minimum Gasteiger partial charge on any atom is -0.455 e. The maximum Gasteiger partial charge on any atom is 0.146 e. The van der Waals surface area contributed by atoms with E-state index in [1.54, 1.807) is 0 Å². The number of hydrogen-bond acceptors (Lipinski definition) is 4. The van der Waals surface area contributed by atoms with E-state index >= 15 is 0 Å². The largest absolute Gasteiger partial charge is 0.455 e. The molecule has 3 aliphatic rings. The van der Waals surface area contributed by atoms with E-state index in [4.69, 9.17) is 9.41 Å². The molecule has 7 aromatic carbocycles. The lowest BCUT2D eigenvalue weighted by Crippen LogP contribution is -2.40. The van der Waals surface area contributed by atoms with Gasteiger partial charge in [-0.15, -0.1) is 0 Å². The highest BCUT2D eigenvalue weighted by atomic mass is 16.3. The summed E-state index contributed by atoms with van der Waals surface area (Å²) in [7, 11) is 0. The van der Waals surface area contributed by atoms with Gasteiger partial charge in [-0.25, -0.2) is 4.99 Å². The Morgan fingerprint density at radius 3 is 2.25 bits per heavy atom. The van der Waals surface area contributed by atoms with Crippen LogP contribution in [0.3, 0.4) is 0 Å². The van der Waals surface area contributed by atoms with Crippen LogP contribution in [-0.2, 0) is 0 Å². The standard InChI is InChI=1S/C52H37N3O/c1-3-17-36(18-4-1)50-43-26-11-12-27-46(43)53-52(54-50)45-33-38(32-44-49-42-25-10-8-16-35(42)29-30-48(49)56-51(44)45)37-20-13-23-40(31-37)55(39-21-5-2-6-22-39)47-28-14-19-34-15-7-9-24-41(34)47/h1-17,19-33,36,46H,18H2,(H,53,54). The van der Waals surface area contributed by atoms with Gasteiger partial charge in [-0.3, -0.25) is 0 Å². The molecular formula is C52H37N3O. The number of anilines is 3. The zero-order chi connectivity index (χ0) is 37.0. The fourth-order valence-corrected chi connectivity index (χ4v) is 8.72. The first-order valence-corrected chi connectivity index (χ1v) is 19.4. The van der Waals surface area contributed by atoms with Gasteiger partial charge in [0.2, 0.25) is 0 Å². The number of aliphatic imine (C=N–C) groups is 1. The third-order valence-electron chi connectivity index (χ3n) is 11.4. The van der Waals surface area contributed by atoms with Crippen LogP contribution < -0.4 is 10.2 Å². The molecule has 0 bridgehead atoms. The smallest absolute Gasteiger partial charge is 0.146 e. The molecule has 1 N–H and O–H groups in total. The number of hydrogen-bond donors (Lipinski definition) is 1. The second kappa shape index (κ2) is 13.3. The van der Waals surface area contributed by atoms with E-state index in [2.05, 4.69) is 204 Å². The summed E-state index contributed by atoms with van der Waals surface area (Å²) in [6.07, 6.45) is 18.4. The summed E-state index contributed by atoms with van der Waals surface area (Å²) in [5.74, 6) is 1.02. The highest BCUT2D eigenvalue weighted by Crippen LogP contribution is 2.43. The predicted octanol–water partition coefficient (Wildman–Crippen LogP) is 13.3. The number of furan rings is 1. The monoisotopic (exact) mass is 719 g/mol. The Kier molecular flexibility index (Phi) is 7.66. The lowest BCUT2D eigenvalue weighted by Gasteiger charge is -2.30. The molecule has 0 radical (unpaired) electrons. The number of fused-ring (bicyclic) bond motifs is 7. The van der Waals surface area contributed by atoms with Crippen molar-refractivity contribution in [2.45, 2.75) is 12.5 Å². The van der Waals surface area contributed by atoms with Crippen LogP contribution in [0.2, 0.25) is 0 Å². The maximum atomic E-state index is 6.87. The number of allylic oxidation sites excluding steroid dienone is 6. The predicted molar refractivity (Wildman–Crippen MR) is 234 cm³/mol. The molecule has 2 atom stereocenters. The average Bonchev–Trinajstić information content (AvgIpc) is 3.66. The number of amidine groups is 1. The summed E-state index contributed by atoms with van der Waals surface area (Å²) < 4.78 is 6.87. The molecule has 0 saturated heterocycles. The molecule has 0 spiro atoms. The number of rotatable bonds is 6. The Labute approximate surface area is 325 Å². The molecule has 266 valence electrons. The minimum absolute atomic E-state index is 0.00849. The van der Waals surface area contributed by atoms with E-state index in [1.807, 2.05) is 0 Å². The third kappa shape index (κ3) is 5.41. The fraction of sp³-hybridized carbons (Fsp3) is 0.0577. The van der Waals surface area contributed by atoms with Gasteiger partial charge in [0.25, 0.3) is 0 Å². The van der Waals surface area contributed by atoms with Crippen molar-refractivity contribution in [1.29, 1.82) is 0 Å². The van der Waals surface area contributed by atoms with Crippen LogP contribution in [-0.4, -0.2) is 11.9 Å². The molecule has 2 aliphatic carbocycles. The molecule has 1 aromatic heterocycles. The summed E-state index contributed by atoms with van der Waals surface area (Å²) in [6, 6.07) is 52.1. The Morgan fingerprint density at radius 1 is 0.607 bits per heavy atom. The molecule has 4 nitrogen and oxygen atoms in total. The minimum atomic E-state index is 0.00849. The van der Waals surface area contributed by atoms with E-state index in [0.29, 0.717) is 0 Å². The molecular weight excluding hydrogens is 683 g/mol. The molecule has 2 heterocycles. The van der Waals surface area contributed by atoms with Crippen LogP contribution in [0.1, 0.15) is 12.0 Å². The first-order valence-electron chi connectivity index (χ1n) is 19.4. The van der Waals surface area contributed by atoms with Gasteiger partial charge in [0.15, 0.2) is 0 Å². The summed E-state index contributed by atoms with van der Waals surface area (Å²) >= 11 is 0. The molecule has 56 heavy (non-hydrogen) atoms. The van der Waals surface area contributed by atoms with E-state index < -0.39 is 0 Å². The Bertz CT molecular complexity index is 3040. The van der Waals surface area contributed by atoms with Gasteiger partial charge < -0.3 is 14.6 Å². The lowest BCUT2D eigenvalue weighted by atomic mass is 9.88. The molecule has 0 saturated carbocycles. The highest BCUT2D eigenvalue weighted by Gasteiger charge is 2.29. The van der Waals surface area contributed by atoms with Gasteiger partial charge in [0.05, 0.1) is 23.0 Å². The van der Waals surface area contributed by atoms with Gasteiger partial charge >= 0.3 is 0 Å². The van der Waals surface area contributed by atoms with Gasteiger partial charge in [-0.05, 0) is 82.2 Å². The van der Waals surface area contributed by atoms with Crippen LogP contribution >= 0.6 is 0 Å². The average molecular weight is 720 g/mol. The summed E-state index contributed by atoms with van der Waals surface area (Å²) in [5.41, 5.74) is 10.5. The fourth-order valence-electron chi connectivity index (χ4n) is 8.72. The van der Waals surface area contributed by atoms with Gasteiger partial charge in [-0.1, -0.05) is 146 Å². The van der Waals surface area contributed by atoms with Crippen LogP contribution in [0.5, 0.6) is 0 Å². The number of nitrogens with zero attached hydrogens (tertiary/aromatic N) is 2. The quantitative estimate of drug-likeness (QED) is 0.186. The van der Waals surface area contributed by atoms with Crippen molar-refractivity contribution in [2.75, 3.05) is 4.90 Å². The third-order valence-corrected chi connectivity index (χ3v) is 11.4. The number of benzene rings is 7. The van der Waals surface area contributed by atoms with Gasteiger partial charge in [0.1, 0.15) is 17.0 Å². The van der Waals surface area contributed by atoms with E-state index in [1.165, 1.54) is 27.1 Å². The van der Waals surface area contributed by atoms with Crippen molar-refractivity contribution in [2.24, 2.45) is 10.9 Å². The van der Waals surface area contributed by atoms with E-state index in [9.17, 15) is 0 Å². The second-order valence-corrected chi connectivity index (χ2v) is 14.7.